The normalized spacial score (nSPS) is 17.8. The standard InChI is InChI=1S/C21H25ClN4O3S3/c1-24(2)12-13-25(21-23-19-15(22)7-5-9-17(19)31-21)20(27)16-8-3-4-11-26(16)32(28,29)18-10-6-14-30-18/h5-7,9-10,14,16H,3-4,8,11-13H2,1-2H3. The number of carbonyl (C=O) groups is 1. The highest BCUT2D eigenvalue weighted by Crippen LogP contribution is 2.35. The second-order valence-electron chi connectivity index (χ2n) is 7.94. The van der Waals surface area contributed by atoms with Gasteiger partial charge in [0.2, 0.25) is 5.91 Å². The lowest BCUT2D eigenvalue weighted by Gasteiger charge is -2.36. The molecule has 11 heteroatoms. The Kier molecular flexibility index (Phi) is 7.18. The van der Waals surface area contributed by atoms with Crippen LogP contribution in [0, 0.1) is 0 Å². The number of hydrogen-bond acceptors (Lipinski definition) is 7. The van der Waals surface area contributed by atoms with Crippen LogP contribution in [0.4, 0.5) is 5.13 Å². The van der Waals surface area contributed by atoms with E-state index in [1.165, 1.54) is 27.0 Å². The smallest absolute Gasteiger partial charge is 0.253 e. The molecule has 3 heterocycles. The van der Waals surface area contributed by atoms with Gasteiger partial charge >= 0.3 is 0 Å². The fourth-order valence-electron chi connectivity index (χ4n) is 3.76. The zero-order valence-electron chi connectivity index (χ0n) is 17.9. The first-order valence-corrected chi connectivity index (χ1v) is 13.9. The summed E-state index contributed by atoms with van der Waals surface area (Å²) in [6, 6.07) is 8.11. The molecule has 3 aromatic rings. The average Bonchev–Trinajstić information content (AvgIpc) is 3.45. The SMILES string of the molecule is CN(C)CCN(C(=O)C1CCCCN1S(=O)(=O)c1cccs1)c1nc2c(Cl)cccc2s1. The highest BCUT2D eigenvalue weighted by Gasteiger charge is 2.40. The average molecular weight is 513 g/mol. The molecule has 4 rings (SSSR count). The maximum absolute atomic E-state index is 13.8. The van der Waals surface area contributed by atoms with Crippen LogP contribution in [0.5, 0.6) is 0 Å². The molecule has 2 aromatic heterocycles. The number of hydrogen-bond donors (Lipinski definition) is 0. The summed E-state index contributed by atoms with van der Waals surface area (Å²) in [7, 11) is 0.138. The molecule has 32 heavy (non-hydrogen) atoms. The van der Waals surface area contributed by atoms with Gasteiger partial charge in [0.05, 0.1) is 9.72 Å². The van der Waals surface area contributed by atoms with E-state index in [1.807, 2.05) is 31.1 Å². The summed E-state index contributed by atoms with van der Waals surface area (Å²) >= 11 is 8.89. The Labute approximate surface area is 201 Å². The molecule has 0 bridgehead atoms. The molecule has 1 atom stereocenters. The number of anilines is 1. The topological polar surface area (TPSA) is 73.8 Å². The lowest BCUT2D eigenvalue weighted by atomic mass is 10.0. The van der Waals surface area contributed by atoms with Gasteiger partial charge in [0, 0.05) is 19.6 Å². The second kappa shape index (κ2) is 9.74. The molecule has 0 aliphatic carbocycles. The summed E-state index contributed by atoms with van der Waals surface area (Å²) in [6.07, 6.45) is 2.04. The third kappa shape index (κ3) is 4.71. The number of aromatic nitrogens is 1. The Bertz CT molecular complexity index is 1190. The Morgan fingerprint density at radius 1 is 1.22 bits per heavy atom. The first-order chi connectivity index (χ1) is 15.3. The molecule has 0 spiro atoms. The summed E-state index contributed by atoms with van der Waals surface area (Å²) < 4.78 is 29.1. The number of para-hydroxylation sites is 1. The molecule has 1 aromatic carbocycles. The van der Waals surface area contributed by atoms with Crippen LogP contribution in [0.15, 0.2) is 39.9 Å². The monoisotopic (exact) mass is 512 g/mol. The number of sulfonamides is 1. The number of fused-ring (bicyclic) bond motifs is 1. The van der Waals surface area contributed by atoms with Crippen molar-refractivity contribution in [1.29, 1.82) is 0 Å². The molecule has 1 aliphatic rings. The van der Waals surface area contributed by atoms with Gasteiger partial charge in [0.15, 0.2) is 5.13 Å². The molecule has 1 aliphatic heterocycles. The van der Waals surface area contributed by atoms with E-state index >= 15 is 0 Å². The quantitative estimate of drug-likeness (QED) is 0.475. The number of benzene rings is 1. The maximum atomic E-state index is 13.8. The van der Waals surface area contributed by atoms with Crippen molar-refractivity contribution < 1.29 is 13.2 Å². The number of carbonyl (C=O) groups excluding carboxylic acids is 1. The van der Waals surface area contributed by atoms with Crippen molar-refractivity contribution in [3.63, 3.8) is 0 Å². The van der Waals surface area contributed by atoms with E-state index in [4.69, 9.17) is 11.6 Å². The number of rotatable bonds is 7. The van der Waals surface area contributed by atoms with Crippen molar-refractivity contribution in [3.8, 4) is 0 Å². The van der Waals surface area contributed by atoms with Gasteiger partial charge in [0.25, 0.3) is 10.0 Å². The number of thiazole rings is 1. The van der Waals surface area contributed by atoms with Gasteiger partial charge in [-0.25, -0.2) is 13.4 Å². The summed E-state index contributed by atoms with van der Waals surface area (Å²) in [5.74, 6) is -0.234. The third-order valence-corrected chi connectivity index (χ3v) is 10.1. The molecule has 0 saturated carbocycles. The lowest BCUT2D eigenvalue weighted by molar-refractivity contribution is -0.123. The second-order valence-corrected chi connectivity index (χ2v) is 12.4. The van der Waals surface area contributed by atoms with E-state index in [1.54, 1.807) is 28.5 Å². The molecule has 1 unspecified atom stereocenters. The van der Waals surface area contributed by atoms with Crippen LogP contribution in [0.1, 0.15) is 19.3 Å². The van der Waals surface area contributed by atoms with Crippen molar-refractivity contribution in [2.24, 2.45) is 0 Å². The molecule has 1 saturated heterocycles. The van der Waals surface area contributed by atoms with E-state index < -0.39 is 16.1 Å². The maximum Gasteiger partial charge on any atom is 0.253 e. The number of piperidine rings is 1. The van der Waals surface area contributed by atoms with Gasteiger partial charge < -0.3 is 4.90 Å². The van der Waals surface area contributed by atoms with E-state index in [2.05, 4.69) is 4.98 Å². The van der Waals surface area contributed by atoms with Gasteiger partial charge in [-0.3, -0.25) is 9.69 Å². The van der Waals surface area contributed by atoms with Crippen molar-refractivity contribution in [3.05, 3.63) is 40.7 Å². The number of amides is 1. The van der Waals surface area contributed by atoms with Crippen LogP contribution in [0.2, 0.25) is 5.02 Å². The Hall–Kier alpha value is -1.56. The Morgan fingerprint density at radius 2 is 2.03 bits per heavy atom. The van der Waals surface area contributed by atoms with E-state index in [0.717, 1.165) is 17.5 Å². The van der Waals surface area contributed by atoms with E-state index in [0.29, 0.717) is 41.7 Å². The minimum atomic E-state index is -3.74. The molecular weight excluding hydrogens is 488 g/mol. The highest BCUT2D eigenvalue weighted by molar-refractivity contribution is 7.91. The predicted octanol–water partition coefficient (Wildman–Crippen LogP) is 4.15. The minimum absolute atomic E-state index is 0.234. The van der Waals surface area contributed by atoms with Crippen molar-refractivity contribution in [2.75, 3.05) is 38.6 Å². The van der Waals surface area contributed by atoms with Gasteiger partial charge in [0.1, 0.15) is 15.8 Å². The van der Waals surface area contributed by atoms with Gasteiger partial charge in [-0.15, -0.1) is 11.3 Å². The van der Waals surface area contributed by atoms with Crippen LogP contribution in [0.25, 0.3) is 10.2 Å². The number of halogens is 1. The summed E-state index contributed by atoms with van der Waals surface area (Å²) in [5.41, 5.74) is 0.656. The van der Waals surface area contributed by atoms with Crippen molar-refractivity contribution in [2.45, 2.75) is 29.5 Å². The molecule has 172 valence electrons. The molecule has 0 N–H and O–H groups in total. The first-order valence-electron chi connectivity index (χ1n) is 10.4. The zero-order valence-corrected chi connectivity index (χ0v) is 21.1. The summed E-state index contributed by atoms with van der Waals surface area (Å²) in [5, 5.41) is 2.81. The minimum Gasteiger partial charge on any atom is -0.308 e. The zero-order chi connectivity index (χ0) is 22.9. The molecule has 1 amide bonds. The number of nitrogens with zero attached hydrogens (tertiary/aromatic N) is 4. The van der Waals surface area contributed by atoms with E-state index in [9.17, 15) is 13.2 Å². The highest BCUT2D eigenvalue weighted by atomic mass is 35.5. The van der Waals surface area contributed by atoms with Gasteiger partial charge in [-0.2, -0.15) is 4.31 Å². The fourth-order valence-corrected chi connectivity index (χ4v) is 7.83. The number of thiophene rings is 1. The first kappa shape index (κ1) is 23.6. The van der Waals surface area contributed by atoms with Crippen molar-refractivity contribution >= 4 is 65.6 Å². The fraction of sp³-hybridized carbons (Fsp3) is 0.429. The van der Waals surface area contributed by atoms with Crippen LogP contribution in [-0.2, 0) is 14.8 Å². The molecule has 7 nitrogen and oxygen atoms in total. The van der Waals surface area contributed by atoms with Crippen LogP contribution < -0.4 is 4.90 Å². The largest absolute Gasteiger partial charge is 0.308 e. The van der Waals surface area contributed by atoms with Gasteiger partial charge in [-0.05, 0) is 50.5 Å². The lowest BCUT2D eigenvalue weighted by Crippen LogP contribution is -2.53. The molecular formula is C21H25ClN4O3S3. The van der Waals surface area contributed by atoms with Crippen LogP contribution >= 0.6 is 34.3 Å². The van der Waals surface area contributed by atoms with E-state index in [-0.39, 0.29) is 10.1 Å². The molecule has 1 fully saturated rings. The van der Waals surface area contributed by atoms with Crippen molar-refractivity contribution in [1.82, 2.24) is 14.2 Å². The van der Waals surface area contributed by atoms with Gasteiger partial charge in [-0.1, -0.05) is 41.5 Å². The third-order valence-electron chi connectivity index (χ3n) is 5.42. The Morgan fingerprint density at radius 3 is 2.72 bits per heavy atom. The van der Waals surface area contributed by atoms with Crippen LogP contribution in [-0.4, -0.2) is 68.3 Å². The van der Waals surface area contributed by atoms with Crippen LogP contribution in [0.3, 0.4) is 0 Å². The molecule has 0 radical (unpaired) electrons. The Balaban J connectivity index is 1.70. The summed E-state index contributed by atoms with van der Waals surface area (Å²) in [4.78, 5) is 22.1. The summed E-state index contributed by atoms with van der Waals surface area (Å²) in [6.45, 7) is 1.37. The predicted molar refractivity (Wildman–Crippen MR) is 131 cm³/mol. The number of likely N-dealkylation sites (N-methyl/N-ethyl adjacent to an activating group) is 1.